The number of ether oxygens (including phenoxy) is 1. The number of carbonyl (C=O) groups is 1. The number of likely N-dealkylation sites (N-methyl/N-ethyl adjacent to an activating group) is 1. The Balaban J connectivity index is 1.47. The average molecular weight is 397 g/mol. The molecule has 2 N–H and O–H groups in total. The van der Waals surface area contributed by atoms with Crippen LogP contribution in [0.3, 0.4) is 0 Å². The summed E-state index contributed by atoms with van der Waals surface area (Å²) in [5, 5.41) is 6.89. The number of benzene rings is 1. The molecular weight excluding hydrogens is 367 g/mol. The zero-order valence-electron chi connectivity index (χ0n) is 16.0. The van der Waals surface area contributed by atoms with E-state index in [-0.39, 0.29) is 11.7 Å². The van der Waals surface area contributed by atoms with Gasteiger partial charge in [0.25, 0.3) is 0 Å². The SMILES string of the molecule is CNC(=O)C1(NCC[C@H]2CC[C@@H](c3ccc(F)cc3Cl)CC2)CCOCC1. The average Bonchev–Trinajstić information content (AvgIpc) is 2.69. The van der Waals surface area contributed by atoms with Crippen LogP contribution >= 0.6 is 11.6 Å². The minimum atomic E-state index is -0.480. The zero-order valence-corrected chi connectivity index (χ0v) is 16.8. The summed E-state index contributed by atoms with van der Waals surface area (Å²) in [7, 11) is 1.70. The summed E-state index contributed by atoms with van der Waals surface area (Å²) in [4.78, 5) is 12.4. The molecule has 0 radical (unpaired) electrons. The fraction of sp³-hybridized carbons (Fsp3) is 0.667. The lowest BCUT2D eigenvalue weighted by Crippen LogP contribution is -2.59. The molecule has 150 valence electrons. The Bertz CT molecular complexity index is 641. The molecule has 0 atom stereocenters. The van der Waals surface area contributed by atoms with Gasteiger partial charge in [0.05, 0.1) is 0 Å². The van der Waals surface area contributed by atoms with Gasteiger partial charge in [-0.25, -0.2) is 4.39 Å². The van der Waals surface area contributed by atoms with E-state index in [1.807, 2.05) is 6.07 Å². The van der Waals surface area contributed by atoms with Crippen molar-refractivity contribution in [3.63, 3.8) is 0 Å². The highest BCUT2D eigenvalue weighted by Crippen LogP contribution is 2.39. The molecule has 6 heteroatoms. The van der Waals surface area contributed by atoms with Crippen LogP contribution in [0.5, 0.6) is 0 Å². The summed E-state index contributed by atoms with van der Waals surface area (Å²) < 4.78 is 18.7. The summed E-state index contributed by atoms with van der Waals surface area (Å²) in [6.45, 7) is 2.11. The Kier molecular flexibility index (Phi) is 7.12. The first kappa shape index (κ1) is 20.6. The zero-order chi connectivity index (χ0) is 19.3. The fourth-order valence-electron chi connectivity index (χ4n) is 4.55. The molecule has 2 aliphatic rings. The summed E-state index contributed by atoms with van der Waals surface area (Å²) in [6, 6.07) is 4.75. The predicted octanol–water partition coefficient (Wildman–Crippen LogP) is 4.03. The molecule has 0 bridgehead atoms. The van der Waals surface area contributed by atoms with Gasteiger partial charge in [-0.3, -0.25) is 4.79 Å². The van der Waals surface area contributed by atoms with Crippen LogP contribution in [0.15, 0.2) is 18.2 Å². The normalized spacial score (nSPS) is 25.1. The fourth-order valence-corrected chi connectivity index (χ4v) is 4.88. The smallest absolute Gasteiger partial charge is 0.240 e. The minimum Gasteiger partial charge on any atom is -0.381 e. The molecular formula is C21H30ClFN2O2. The lowest BCUT2D eigenvalue weighted by Gasteiger charge is -2.37. The highest BCUT2D eigenvalue weighted by atomic mass is 35.5. The largest absolute Gasteiger partial charge is 0.381 e. The van der Waals surface area contributed by atoms with Crippen molar-refractivity contribution in [1.82, 2.24) is 10.6 Å². The molecule has 1 aromatic carbocycles. The standard InChI is InChI=1S/C21H30ClFN2O2/c1-24-20(26)21(9-12-27-13-10-21)25-11-8-15-2-4-16(5-3-15)18-7-6-17(23)14-19(18)22/h6-7,14-16,25H,2-5,8-13H2,1H3,(H,24,26)/t15-,16+. The second-order valence-corrected chi connectivity index (χ2v) is 8.28. The van der Waals surface area contributed by atoms with E-state index in [4.69, 9.17) is 16.3 Å². The molecule has 3 rings (SSSR count). The molecule has 1 aliphatic heterocycles. The van der Waals surface area contributed by atoms with E-state index in [0.717, 1.165) is 57.1 Å². The summed E-state index contributed by atoms with van der Waals surface area (Å²) in [5.74, 6) is 0.881. The number of hydrogen-bond acceptors (Lipinski definition) is 3. The molecule has 1 aromatic rings. The third-order valence-electron chi connectivity index (χ3n) is 6.27. The first-order chi connectivity index (χ1) is 13.0. The maximum absolute atomic E-state index is 13.3. The first-order valence-corrected chi connectivity index (χ1v) is 10.4. The molecule has 0 unspecified atom stereocenters. The molecule has 27 heavy (non-hydrogen) atoms. The molecule has 0 spiro atoms. The molecule has 1 saturated carbocycles. The van der Waals surface area contributed by atoms with Gasteiger partial charge in [0.1, 0.15) is 11.4 Å². The van der Waals surface area contributed by atoms with Crippen molar-refractivity contribution >= 4 is 17.5 Å². The van der Waals surface area contributed by atoms with Crippen LogP contribution < -0.4 is 10.6 Å². The van der Waals surface area contributed by atoms with Crippen LogP contribution in [0.2, 0.25) is 5.02 Å². The van der Waals surface area contributed by atoms with E-state index in [1.165, 1.54) is 12.1 Å². The van der Waals surface area contributed by atoms with Gasteiger partial charge < -0.3 is 15.4 Å². The number of halogens is 2. The lowest BCUT2D eigenvalue weighted by molar-refractivity contribution is -0.131. The number of hydrogen-bond donors (Lipinski definition) is 2. The Labute approximate surface area is 166 Å². The van der Waals surface area contributed by atoms with E-state index < -0.39 is 5.54 Å². The number of rotatable bonds is 6. The second-order valence-electron chi connectivity index (χ2n) is 7.87. The third kappa shape index (κ3) is 5.01. The minimum absolute atomic E-state index is 0.0699. The number of amides is 1. The summed E-state index contributed by atoms with van der Waals surface area (Å²) >= 11 is 6.23. The molecule has 1 heterocycles. The van der Waals surface area contributed by atoms with Crippen LogP contribution in [0.1, 0.15) is 56.4 Å². The molecule has 1 aliphatic carbocycles. The summed E-state index contributed by atoms with van der Waals surface area (Å²) in [5.41, 5.74) is 0.599. The Morgan fingerprint density at radius 1 is 1.26 bits per heavy atom. The van der Waals surface area contributed by atoms with Crippen molar-refractivity contribution in [2.75, 3.05) is 26.8 Å². The highest BCUT2D eigenvalue weighted by molar-refractivity contribution is 6.31. The van der Waals surface area contributed by atoms with Crippen molar-refractivity contribution in [2.45, 2.75) is 56.4 Å². The van der Waals surface area contributed by atoms with Gasteiger partial charge in [-0.05, 0) is 81.0 Å². The second kappa shape index (κ2) is 9.35. The van der Waals surface area contributed by atoms with Crippen molar-refractivity contribution in [2.24, 2.45) is 5.92 Å². The van der Waals surface area contributed by atoms with Crippen LogP contribution in [-0.4, -0.2) is 38.3 Å². The Hall–Kier alpha value is -1.17. The third-order valence-corrected chi connectivity index (χ3v) is 6.60. The van der Waals surface area contributed by atoms with E-state index in [0.29, 0.717) is 30.1 Å². The quantitative estimate of drug-likeness (QED) is 0.763. The maximum Gasteiger partial charge on any atom is 0.240 e. The van der Waals surface area contributed by atoms with E-state index in [9.17, 15) is 9.18 Å². The number of carbonyl (C=O) groups excluding carboxylic acids is 1. The van der Waals surface area contributed by atoms with Crippen molar-refractivity contribution < 1.29 is 13.9 Å². The molecule has 2 fully saturated rings. The van der Waals surface area contributed by atoms with Crippen molar-refractivity contribution in [1.29, 1.82) is 0 Å². The van der Waals surface area contributed by atoms with Gasteiger partial charge in [0.2, 0.25) is 5.91 Å². The lowest BCUT2D eigenvalue weighted by atomic mass is 9.77. The van der Waals surface area contributed by atoms with E-state index in [2.05, 4.69) is 10.6 Å². The topological polar surface area (TPSA) is 50.4 Å². The van der Waals surface area contributed by atoms with Crippen molar-refractivity contribution in [3.05, 3.63) is 34.6 Å². The van der Waals surface area contributed by atoms with Crippen LogP contribution in [0, 0.1) is 11.7 Å². The van der Waals surface area contributed by atoms with Crippen molar-refractivity contribution in [3.8, 4) is 0 Å². The van der Waals surface area contributed by atoms with Crippen LogP contribution in [-0.2, 0) is 9.53 Å². The van der Waals surface area contributed by atoms with Gasteiger partial charge in [0.15, 0.2) is 0 Å². The van der Waals surface area contributed by atoms with Gasteiger partial charge in [-0.2, -0.15) is 0 Å². The van der Waals surface area contributed by atoms with E-state index >= 15 is 0 Å². The monoisotopic (exact) mass is 396 g/mol. The van der Waals surface area contributed by atoms with E-state index in [1.54, 1.807) is 7.05 Å². The van der Waals surface area contributed by atoms with Gasteiger partial charge in [0, 0.05) is 25.3 Å². The number of nitrogens with one attached hydrogen (secondary N) is 2. The van der Waals surface area contributed by atoms with Crippen LogP contribution in [0.25, 0.3) is 0 Å². The van der Waals surface area contributed by atoms with Gasteiger partial charge >= 0.3 is 0 Å². The Morgan fingerprint density at radius 2 is 1.96 bits per heavy atom. The first-order valence-electron chi connectivity index (χ1n) is 10.0. The molecule has 1 amide bonds. The highest BCUT2D eigenvalue weighted by Gasteiger charge is 2.39. The summed E-state index contributed by atoms with van der Waals surface area (Å²) in [6.07, 6.45) is 7.00. The predicted molar refractivity (Wildman–Crippen MR) is 106 cm³/mol. The Morgan fingerprint density at radius 3 is 2.59 bits per heavy atom. The maximum atomic E-state index is 13.3. The molecule has 1 saturated heterocycles. The van der Waals surface area contributed by atoms with Gasteiger partial charge in [-0.1, -0.05) is 17.7 Å². The molecule has 4 nitrogen and oxygen atoms in total. The van der Waals surface area contributed by atoms with Gasteiger partial charge in [-0.15, -0.1) is 0 Å². The molecule has 0 aromatic heterocycles. The van der Waals surface area contributed by atoms with Crippen LogP contribution in [0.4, 0.5) is 4.39 Å².